The molecule has 4 aromatic rings. The number of halogens is 3. The zero-order chi connectivity index (χ0) is 35.0. The molecule has 0 fully saturated rings. The quantitative estimate of drug-likeness (QED) is 0.143. The molecule has 2 amide bonds. The van der Waals surface area contributed by atoms with Gasteiger partial charge in [0.2, 0.25) is 11.8 Å². The van der Waals surface area contributed by atoms with Gasteiger partial charge >= 0.3 is 0 Å². The van der Waals surface area contributed by atoms with Crippen LogP contribution in [0.2, 0.25) is 15.1 Å². The van der Waals surface area contributed by atoms with Crippen LogP contribution in [-0.2, 0) is 32.6 Å². The molecular weight excluding hydrogens is 693 g/mol. The number of nitrogens with one attached hydrogen (secondary N) is 1. The van der Waals surface area contributed by atoms with Crippen LogP contribution in [0.4, 0.5) is 5.69 Å². The first kappa shape index (κ1) is 37.1. The molecule has 0 aliphatic carbocycles. The lowest BCUT2D eigenvalue weighted by Gasteiger charge is -2.35. The minimum Gasteiger partial charge on any atom is -0.495 e. The van der Waals surface area contributed by atoms with Gasteiger partial charge in [-0.3, -0.25) is 13.9 Å². The Morgan fingerprint density at radius 2 is 1.54 bits per heavy atom. The van der Waals surface area contributed by atoms with Gasteiger partial charge in [0.1, 0.15) is 18.3 Å². The van der Waals surface area contributed by atoms with Crippen molar-refractivity contribution < 1.29 is 22.7 Å². The van der Waals surface area contributed by atoms with Crippen LogP contribution in [0.1, 0.15) is 37.0 Å². The third-order valence-electron chi connectivity index (χ3n) is 7.96. The third-order valence-corrected chi connectivity index (χ3v) is 10.7. The number of carbonyl (C=O) groups is 2. The predicted octanol–water partition coefficient (Wildman–Crippen LogP) is 7.71. The van der Waals surface area contributed by atoms with Gasteiger partial charge in [-0.2, -0.15) is 0 Å². The van der Waals surface area contributed by atoms with E-state index in [0.29, 0.717) is 22.0 Å². The van der Waals surface area contributed by atoms with Gasteiger partial charge in [-0.15, -0.1) is 0 Å². The summed E-state index contributed by atoms with van der Waals surface area (Å²) < 4.78 is 35.2. The van der Waals surface area contributed by atoms with Crippen molar-refractivity contribution in [1.82, 2.24) is 10.2 Å². The molecule has 0 aliphatic rings. The molecule has 4 aromatic carbocycles. The zero-order valence-corrected chi connectivity index (χ0v) is 30.2. The van der Waals surface area contributed by atoms with E-state index in [1.807, 2.05) is 51.1 Å². The second-order valence-corrected chi connectivity index (χ2v) is 14.5. The second kappa shape index (κ2) is 16.6. The number of rotatable bonds is 14. The summed E-state index contributed by atoms with van der Waals surface area (Å²) in [6, 6.07) is 23.8. The number of amides is 2. The number of methoxy groups -OCH3 is 1. The van der Waals surface area contributed by atoms with Crippen LogP contribution in [0.3, 0.4) is 0 Å². The van der Waals surface area contributed by atoms with Crippen LogP contribution < -0.4 is 14.4 Å². The molecule has 48 heavy (non-hydrogen) atoms. The van der Waals surface area contributed by atoms with E-state index in [1.165, 1.54) is 36.3 Å². The van der Waals surface area contributed by atoms with E-state index in [-0.39, 0.29) is 40.4 Å². The van der Waals surface area contributed by atoms with Crippen molar-refractivity contribution >= 4 is 62.3 Å². The van der Waals surface area contributed by atoms with Crippen LogP contribution in [0, 0.1) is 6.92 Å². The highest BCUT2D eigenvalue weighted by atomic mass is 35.5. The maximum atomic E-state index is 14.7. The summed E-state index contributed by atoms with van der Waals surface area (Å²) in [6.45, 7) is 4.78. The minimum absolute atomic E-state index is 0.0426. The molecule has 0 heterocycles. The first-order valence-electron chi connectivity index (χ1n) is 15.3. The summed E-state index contributed by atoms with van der Waals surface area (Å²) in [5, 5.41) is 3.82. The molecule has 1 N–H and O–H groups in total. The Labute approximate surface area is 297 Å². The molecular formula is C36H38Cl3N3O5S. The molecule has 254 valence electrons. The lowest BCUT2D eigenvalue weighted by Crippen LogP contribution is -2.54. The fourth-order valence-electron chi connectivity index (χ4n) is 5.06. The van der Waals surface area contributed by atoms with Gasteiger partial charge in [0.15, 0.2) is 0 Å². The molecule has 0 aromatic heterocycles. The monoisotopic (exact) mass is 729 g/mol. The molecule has 0 bridgehead atoms. The van der Waals surface area contributed by atoms with E-state index in [9.17, 15) is 18.0 Å². The minimum atomic E-state index is -4.37. The van der Waals surface area contributed by atoms with E-state index in [1.54, 1.807) is 36.4 Å². The number of hydrogen-bond donors (Lipinski definition) is 1. The summed E-state index contributed by atoms with van der Waals surface area (Å²) >= 11 is 19.6. The molecule has 2 atom stereocenters. The standard InChI is InChI=1S/C36H38Cl3N3O5S/c1-5-25(3)40-36(44)33(20-26-10-7-6-8-11-26)41(22-29-30(38)12-9-13-31(29)39)35(43)23-42(32-21-27(37)16-19-34(32)47-4)48(45,46)28-17-14-24(2)15-18-28/h6-19,21,25,33H,5,20,22-23H2,1-4H3,(H,40,44)/t25-,33+/m0/s1. The lowest BCUT2D eigenvalue weighted by molar-refractivity contribution is -0.140. The molecule has 0 aliphatic heterocycles. The summed E-state index contributed by atoms with van der Waals surface area (Å²) in [6.07, 6.45) is 0.799. The fraction of sp³-hybridized carbons (Fsp3) is 0.278. The van der Waals surface area contributed by atoms with Crippen molar-refractivity contribution in [3.05, 3.63) is 123 Å². The van der Waals surface area contributed by atoms with Gasteiger partial charge in [-0.05, 0) is 68.3 Å². The summed E-state index contributed by atoms with van der Waals surface area (Å²) in [5.41, 5.74) is 2.12. The SMILES string of the molecule is CC[C@H](C)NC(=O)[C@@H](Cc1ccccc1)N(Cc1c(Cl)cccc1Cl)C(=O)CN(c1cc(Cl)ccc1OC)S(=O)(=O)c1ccc(C)cc1. The molecule has 0 spiro atoms. The van der Waals surface area contributed by atoms with E-state index in [2.05, 4.69) is 5.32 Å². The molecule has 4 rings (SSSR count). The molecule has 0 unspecified atom stereocenters. The maximum absolute atomic E-state index is 14.7. The van der Waals surface area contributed by atoms with Gasteiger partial charge in [0.25, 0.3) is 10.0 Å². The molecule has 8 nitrogen and oxygen atoms in total. The van der Waals surface area contributed by atoms with Gasteiger partial charge in [-0.1, -0.05) is 95.8 Å². The van der Waals surface area contributed by atoms with E-state index in [0.717, 1.165) is 15.4 Å². The van der Waals surface area contributed by atoms with Gasteiger partial charge < -0.3 is 15.0 Å². The van der Waals surface area contributed by atoms with Crippen molar-refractivity contribution in [3.8, 4) is 5.75 Å². The van der Waals surface area contributed by atoms with E-state index < -0.39 is 34.4 Å². The Balaban J connectivity index is 1.89. The Morgan fingerprint density at radius 3 is 2.15 bits per heavy atom. The Morgan fingerprint density at radius 1 is 0.896 bits per heavy atom. The number of benzene rings is 4. The number of nitrogens with zero attached hydrogens (tertiary/aromatic N) is 2. The molecule has 0 saturated carbocycles. The van der Waals surface area contributed by atoms with Crippen molar-refractivity contribution in [2.75, 3.05) is 18.0 Å². The van der Waals surface area contributed by atoms with Crippen molar-refractivity contribution in [1.29, 1.82) is 0 Å². The fourth-order valence-corrected chi connectivity index (χ4v) is 7.16. The van der Waals surface area contributed by atoms with Crippen molar-refractivity contribution in [2.45, 2.75) is 57.1 Å². The molecule has 0 radical (unpaired) electrons. The third kappa shape index (κ3) is 9.02. The topological polar surface area (TPSA) is 96.0 Å². The number of aryl methyl sites for hydroxylation is 1. The first-order chi connectivity index (χ1) is 22.8. The number of ether oxygens (including phenoxy) is 1. The van der Waals surface area contributed by atoms with Crippen LogP contribution in [0.25, 0.3) is 0 Å². The average molecular weight is 731 g/mol. The van der Waals surface area contributed by atoms with Gasteiger partial charge in [-0.25, -0.2) is 8.42 Å². The number of sulfonamides is 1. The smallest absolute Gasteiger partial charge is 0.264 e. The summed E-state index contributed by atoms with van der Waals surface area (Å²) in [7, 11) is -2.98. The maximum Gasteiger partial charge on any atom is 0.264 e. The van der Waals surface area contributed by atoms with Gasteiger partial charge in [0, 0.05) is 39.6 Å². The Kier molecular flexibility index (Phi) is 12.8. The number of anilines is 1. The van der Waals surface area contributed by atoms with E-state index in [4.69, 9.17) is 39.5 Å². The predicted molar refractivity (Wildman–Crippen MR) is 193 cm³/mol. The average Bonchev–Trinajstić information content (AvgIpc) is 3.06. The first-order valence-corrected chi connectivity index (χ1v) is 17.9. The van der Waals surface area contributed by atoms with Crippen LogP contribution in [0.15, 0.2) is 95.9 Å². The van der Waals surface area contributed by atoms with Crippen molar-refractivity contribution in [2.24, 2.45) is 0 Å². The highest BCUT2D eigenvalue weighted by molar-refractivity contribution is 7.92. The zero-order valence-electron chi connectivity index (χ0n) is 27.1. The Bertz CT molecular complexity index is 1820. The largest absolute Gasteiger partial charge is 0.495 e. The van der Waals surface area contributed by atoms with Crippen LogP contribution in [-0.4, -0.2) is 50.9 Å². The Hall–Kier alpha value is -3.76. The number of hydrogen-bond acceptors (Lipinski definition) is 5. The van der Waals surface area contributed by atoms with Crippen molar-refractivity contribution in [3.63, 3.8) is 0 Å². The summed E-state index contributed by atoms with van der Waals surface area (Å²) in [5.74, 6) is -0.902. The van der Waals surface area contributed by atoms with Gasteiger partial charge in [0.05, 0.1) is 17.7 Å². The highest BCUT2D eigenvalue weighted by Gasteiger charge is 2.36. The summed E-state index contributed by atoms with van der Waals surface area (Å²) in [4.78, 5) is 30.1. The van der Waals surface area contributed by atoms with Crippen LogP contribution >= 0.6 is 34.8 Å². The molecule has 0 saturated heterocycles. The van der Waals surface area contributed by atoms with E-state index >= 15 is 0 Å². The van der Waals surface area contributed by atoms with Crippen LogP contribution in [0.5, 0.6) is 5.75 Å². The lowest BCUT2D eigenvalue weighted by atomic mass is 10.0. The highest BCUT2D eigenvalue weighted by Crippen LogP contribution is 2.35. The molecule has 12 heteroatoms. The number of carbonyl (C=O) groups excluding carboxylic acids is 2. The normalized spacial score (nSPS) is 12.6. The second-order valence-electron chi connectivity index (χ2n) is 11.4.